The van der Waals surface area contributed by atoms with E-state index in [-0.39, 0.29) is 10.7 Å². The number of amides is 2. The Bertz CT molecular complexity index is 1130. The highest BCUT2D eigenvalue weighted by atomic mass is 35.5. The monoisotopic (exact) mass is 446 g/mol. The minimum atomic E-state index is -0.461. The number of carbonyl (C=O) groups is 2. The van der Waals surface area contributed by atoms with Crippen molar-refractivity contribution in [3.8, 4) is 0 Å². The first-order valence-electron chi connectivity index (χ1n) is 9.68. The Labute approximate surface area is 191 Å². The van der Waals surface area contributed by atoms with E-state index < -0.39 is 11.8 Å². The highest BCUT2D eigenvalue weighted by molar-refractivity contribution is 7.81. The van der Waals surface area contributed by atoms with Crippen LogP contribution in [0, 0.1) is 13.8 Å². The van der Waals surface area contributed by atoms with Gasteiger partial charge in [-0.05, 0) is 74.1 Å². The van der Waals surface area contributed by atoms with Gasteiger partial charge in [-0.15, -0.1) is 0 Å². The lowest BCUT2D eigenvalue weighted by Crippen LogP contribution is -2.56. The number of rotatable bonds is 3. The zero-order valence-electron chi connectivity index (χ0n) is 17.0. The van der Waals surface area contributed by atoms with E-state index in [1.807, 2.05) is 62.4 Å². The van der Waals surface area contributed by atoms with Crippen LogP contribution in [-0.2, 0) is 9.59 Å². The second-order valence-corrected chi connectivity index (χ2v) is 8.15. The molecule has 4 nitrogen and oxygen atoms in total. The molecule has 6 heteroatoms. The van der Waals surface area contributed by atoms with Gasteiger partial charge in [-0.1, -0.05) is 59.1 Å². The third-order valence-electron chi connectivity index (χ3n) is 5.01. The van der Waals surface area contributed by atoms with Gasteiger partial charge in [0, 0.05) is 5.02 Å². The van der Waals surface area contributed by atoms with E-state index in [1.54, 1.807) is 30.3 Å². The largest absolute Gasteiger partial charge is 0.270 e. The highest BCUT2D eigenvalue weighted by Gasteiger charge is 2.41. The van der Waals surface area contributed by atoms with Gasteiger partial charge in [0.25, 0.3) is 11.8 Å². The first kappa shape index (κ1) is 21.0. The van der Waals surface area contributed by atoms with Gasteiger partial charge in [0.1, 0.15) is 5.57 Å². The zero-order chi connectivity index (χ0) is 22.1. The summed E-state index contributed by atoms with van der Waals surface area (Å²) in [5.41, 5.74) is 4.04. The first-order valence-corrected chi connectivity index (χ1v) is 10.5. The lowest BCUT2D eigenvalue weighted by atomic mass is 10.0. The van der Waals surface area contributed by atoms with Crippen molar-refractivity contribution in [2.45, 2.75) is 13.8 Å². The quantitative estimate of drug-likeness (QED) is 0.294. The van der Waals surface area contributed by atoms with E-state index in [0.717, 1.165) is 11.1 Å². The van der Waals surface area contributed by atoms with Gasteiger partial charge in [0.15, 0.2) is 5.11 Å². The smallest absolute Gasteiger partial charge is 0.268 e. The molecule has 1 aliphatic heterocycles. The second-order valence-electron chi connectivity index (χ2n) is 7.34. The summed E-state index contributed by atoms with van der Waals surface area (Å²) >= 11 is 11.6. The van der Waals surface area contributed by atoms with Crippen LogP contribution < -0.4 is 9.80 Å². The highest BCUT2D eigenvalue weighted by Crippen LogP contribution is 2.30. The molecule has 3 aromatic rings. The molecule has 0 N–H and O–H groups in total. The minimum absolute atomic E-state index is 0.0251. The van der Waals surface area contributed by atoms with Crippen molar-refractivity contribution in [3.63, 3.8) is 0 Å². The van der Waals surface area contributed by atoms with E-state index in [1.165, 1.54) is 9.80 Å². The molecular formula is C25H19ClN2O2S. The van der Waals surface area contributed by atoms with Crippen LogP contribution in [0.25, 0.3) is 6.08 Å². The number of hydrogen-bond donors (Lipinski definition) is 0. The third-order valence-corrected chi connectivity index (χ3v) is 5.63. The van der Waals surface area contributed by atoms with Crippen LogP contribution in [0.1, 0.15) is 16.7 Å². The fraction of sp³-hybridized carbons (Fsp3) is 0.0800. The first-order chi connectivity index (χ1) is 14.8. The van der Waals surface area contributed by atoms with Gasteiger partial charge < -0.3 is 0 Å². The van der Waals surface area contributed by atoms with Crippen molar-refractivity contribution < 1.29 is 9.59 Å². The van der Waals surface area contributed by atoms with E-state index in [9.17, 15) is 9.59 Å². The molecule has 154 valence electrons. The Hall–Kier alpha value is -3.28. The summed E-state index contributed by atoms with van der Waals surface area (Å²) in [6, 6.07) is 21.8. The van der Waals surface area contributed by atoms with Crippen LogP contribution in [0.5, 0.6) is 0 Å². The van der Waals surface area contributed by atoms with Crippen molar-refractivity contribution in [2.24, 2.45) is 0 Å². The third kappa shape index (κ3) is 4.15. The molecule has 1 heterocycles. The van der Waals surface area contributed by atoms with Crippen LogP contribution in [-0.4, -0.2) is 16.9 Å². The molecule has 0 bridgehead atoms. The van der Waals surface area contributed by atoms with Crippen LogP contribution >= 0.6 is 23.8 Å². The van der Waals surface area contributed by atoms with Crippen molar-refractivity contribution in [1.82, 2.24) is 0 Å². The normalized spacial score (nSPS) is 14.3. The maximum Gasteiger partial charge on any atom is 0.270 e. The molecule has 0 aliphatic carbocycles. The number of aryl methyl sites for hydroxylation is 2. The summed E-state index contributed by atoms with van der Waals surface area (Å²) in [7, 11) is 0. The molecule has 1 aliphatic rings. The Balaban J connectivity index is 1.85. The van der Waals surface area contributed by atoms with Gasteiger partial charge in [0.05, 0.1) is 11.4 Å². The van der Waals surface area contributed by atoms with Crippen molar-refractivity contribution in [1.29, 1.82) is 0 Å². The number of carbonyl (C=O) groups excluding carboxylic acids is 2. The van der Waals surface area contributed by atoms with Gasteiger partial charge >= 0.3 is 0 Å². The summed E-state index contributed by atoms with van der Waals surface area (Å²) in [5, 5.41) is 0.697. The summed E-state index contributed by atoms with van der Waals surface area (Å²) < 4.78 is 0. The Kier molecular flexibility index (Phi) is 5.72. The SMILES string of the molecule is Cc1ccc(N2C(=O)C(=Cc3ccc(Cl)cc3)C(=O)N(c3ccc(C)cc3)C2=S)cc1. The maximum atomic E-state index is 13.4. The lowest BCUT2D eigenvalue weighted by Gasteiger charge is -2.36. The standard InChI is InChI=1S/C25H19ClN2O2S/c1-16-3-11-20(12-4-16)27-23(29)22(15-18-7-9-19(26)10-8-18)24(30)28(25(27)31)21-13-5-17(2)6-14-21/h3-15H,1-2H3. The second kappa shape index (κ2) is 8.46. The van der Waals surface area contributed by atoms with Crippen molar-refractivity contribution in [3.05, 3.63) is 100 Å². The number of halogens is 1. The Morgan fingerprint density at radius 1 is 0.710 bits per heavy atom. The van der Waals surface area contributed by atoms with Gasteiger partial charge in [-0.3, -0.25) is 19.4 Å². The lowest BCUT2D eigenvalue weighted by molar-refractivity contribution is -0.120. The molecule has 2 amide bonds. The molecule has 31 heavy (non-hydrogen) atoms. The molecule has 0 radical (unpaired) electrons. The molecule has 4 rings (SSSR count). The number of thiocarbonyl (C=S) groups is 1. The molecule has 1 saturated heterocycles. The molecular weight excluding hydrogens is 428 g/mol. The van der Waals surface area contributed by atoms with Gasteiger partial charge in [0.2, 0.25) is 0 Å². The summed E-state index contributed by atoms with van der Waals surface area (Å²) in [6.45, 7) is 3.93. The number of benzene rings is 3. The molecule has 0 saturated carbocycles. The number of hydrogen-bond acceptors (Lipinski definition) is 3. The Morgan fingerprint density at radius 3 is 1.55 bits per heavy atom. The predicted molar refractivity (Wildman–Crippen MR) is 129 cm³/mol. The van der Waals surface area contributed by atoms with Crippen LogP contribution in [0.4, 0.5) is 11.4 Å². The van der Waals surface area contributed by atoms with Crippen LogP contribution in [0.15, 0.2) is 78.4 Å². The average molecular weight is 447 g/mol. The molecule has 3 aromatic carbocycles. The van der Waals surface area contributed by atoms with E-state index >= 15 is 0 Å². The summed E-state index contributed by atoms with van der Waals surface area (Å²) in [6.07, 6.45) is 1.57. The van der Waals surface area contributed by atoms with E-state index in [4.69, 9.17) is 23.8 Å². The van der Waals surface area contributed by atoms with Crippen molar-refractivity contribution in [2.75, 3.05) is 9.80 Å². The molecule has 0 aromatic heterocycles. The summed E-state index contributed by atoms with van der Waals surface area (Å²) in [4.78, 5) is 29.7. The van der Waals surface area contributed by atoms with Gasteiger partial charge in [-0.25, -0.2) is 0 Å². The molecule has 0 atom stereocenters. The Morgan fingerprint density at radius 2 is 1.13 bits per heavy atom. The maximum absolute atomic E-state index is 13.4. The van der Waals surface area contributed by atoms with Gasteiger partial charge in [-0.2, -0.15) is 0 Å². The van der Waals surface area contributed by atoms with Crippen molar-refractivity contribution >= 4 is 58.2 Å². The predicted octanol–water partition coefficient (Wildman–Crippen LogP) is 5.71. The fourth-order valence-corrected chi connectivity index (χ4v) is 3.80. The average Bonchev–Trinajstić information content (AvgIpc) is 2.75. The zero-order valence-corrected chi connectivity index (χ0v) is 18.6. The summed E-state index contributed by atoms with van der Waals surface area (Å²) in [5.74, 6) is -0.922. The molecule has 0 unspecified atom stereocenters. The van der Waals surface area contributed by atoms with Crippen LogP contribution in [0.3, 0.4) is 0 Å². The number of anilines is 2. The topological polar surface area (TPSA) is 40.6 Å². The number of nitrogens with zero attached hydrogens (tertiary/aromatic N) is 2. The van der Waals surface area contributed by atoms with E-state index in [2.05, 4.69) is 0 Å². The molecule has 0 spiro atoms. The molecule has 1 fully saturated rings. The minimum Gasteiger partial charge on any atom is -0.268 e. The van der Waals surface area contributed by atoms with Crippen LogP contribution in [0.2, 0.25) is 5.02 Å². The fourth-order valence-electron chi connectivity index (χ4n) is 3.30. The van der Waals surface area contributed by atoms with E-state index in [0.29, 0.717) is 22.0 Å².